The number of allylic oxidation sites excluding steroid dienone is 1. The van der Waals surface area contributed by atoms with Crippen LogP contribution in [-0.4, -0.2) is 32.2 Å². The topological polar surface area (TPSA) is 65.0 Å². The van der Waals surface area contributed by atoms with Gasteiger partial charge in [-0.25, -0.2) is 4.39 Å². The summed E-state index contributed by atoms with van der Waals surface area (Å²) >= 11 is 0. The first kappa shape index (κ1) is 22.6. The molecule has 0 aliphatic carbocycles. The van der Waals surface area contributed by atoms with Gasteiger partial charge in [0.2, 0.25) is 0 Å². The Bertz CT molecular complexity index is 1160. The summed E-state index contributed by atoms with van der Waals surface area (Å²) in [4.78, 5) is 12.6. The molecule has 0 heterocycles. The second-order valence-electron chi connectivity index (χ2n) is 6.80. The summed E-state index contributed by atoms with van der Waals surface area (Å²) in [7, 11) is 4.69. The highest BCUT2D eigenvalue weighted by Crippen LogP contribution is 2.32. The number of hydrogen-bond acceptors (Lipinski definition) is 5. The average molecular weight is 434 g/mol. The molecule has 164 valence electrons. The van der Waals surface area contributed by atoms with Crippen molar-refractivity contribution in [2.24, 2.45) is 0 Å². The summed E-state index contributed by atoms with van der Waals surface area (Å²) < 4.78 is 29.3. The number of phenols is 1. The largest absolute Gasteiger partial charge is 0.507 e. The van der Waals surface area contributed by atoms with Crippen molar-refractivity contribution < 1.29 is 28.5 Å². The van der Waals surface area contributed by atoms with Crippen LogP contribution in [0.3, 0.4) is 0 Å². The first-order valence-corrected chi connectivity index (χ1v) is 9.74. The quantitative estimate of drug-likeness (QED) is 0.283. The van der Waals surface area contributed by atoms with E-state index in [0.717, 1.165) is 29.0 Å². The van der Waals surface area contributed by atoms with Gasteiger partial charge in [-0.15, -0.1) is 0 Å². The van der Waals surface area contributed by atoms with Crippen molar-refractivity contribution in [3.8, 4) is 23.0 Å². The van der Waals surface area contributed by atoms with E-state index < -0.39 is 17.3 Å². The van der Waals surface area contributed by atoms with E-state index in [0.29, 0.717) is 17.1 Å². The summed E-state index contributed by atoms with van der Waals surface area (Å²) in [6.07, 6.45) is 6.70. The third kappa shape index (κ3) is 5.35. The van der Waals surface area contributed by atoms with Crippen LogP contribution < -0.4 is 14.2 Å². The fourth-order valence-electron chi connectivity index (χ4n) is 3.09. The Kier molecular flexibility index (Phi) is 7.29. The monoisotopic (exact) mass is 434 g/mol. The zero-order chi connectivity index (χ0) is 23.1. The lowest BCUT2D eigenvalue weighted by Crippen LogP contribution is -1.97. The van der Waals surface area contributed by atoms with Gasteiger partial charge in [-0.1, -0.05) is 24.3 Å². The first-order chi connectivity index (χ1) is 15.4. The van der Waals surface area contributed by atoms with Crippen molar-refractivity contribution in [3.63, 3.8) is 0 Å². The van der Waals surface area contributed by atoms with Gasteiger partial charge in [-0.05, 0) is 53.6 Å². The SMILES string of the molecule is COc1ccc(/C=C/c2cc(OC)cc(OC)c2/C=C/C(=O)c2ccc(F)cc2O)cc1. The Morgan fingerprint density at radius 1 is 0.844 bits per heavy atom. The molecule has 0 radical (unpaired) electrons. The lowest BCUT2D eigenvalue weighted by molar-refractivity contribution is 0.104. The highest BCUT2D eigenvalue weighted by atomic mass is 19.1. The number of aromatic hydroxyl groups is 1. The molecule has 3 aromatic carbocycles. The summed E-state index contributed by atoms with van der Waals surface area (Å²) in [5.74, 6) is 0.357. The Hall–Kier alpha value is -4.06. The molecule has 0 saturated heterocycles. The predicted octanol–water partition coefficient (Wildman–Crippen LogP) is 5.62. The number of hydrogen-bond donors (Lipinski definition) is 1. The maximum Gasteiger partial charge on any atom is 0.189 e. The standard InChI is InChI=1S/C26H23FO5/c1-30-20-9-5-17(6-10-20)4-7-18-14-21(31-2)16-26(32-3)22(18)12-13-24(28)23-11-8-19(27)15-25(23)29/h4-16,29H,1-3H3/b7-4+,13-12+. The zero-order valence-corrected chi connectivity index (χ0v) is 18.0. The maximum atomic E-state index is 13.2. The number of benzene rings is 3. The summed E-state index contributed by atoms with van der Waals surface area (Å²) in [5, 5.41) is 9.87. The van der Waals surface area contributed by atoms with Gasteiger partial charge in [0, 0.05) is 17.7 Å². The minimum Gasteiger partial charge on any atom is -0.507 e. The molecule has 6 heteroatoms. The zero-order valence-electron chi connectivity index (χ0n) is 18.0. The third-order valence-electron chi connectivity index (χ3n) is 4.80. The molecule has 0 aliphatic rings. The van der Waals surface area contributed by atoms with E-state index in [4.69, 9.17) is 14.2 Å². The van der Waals surface area contributed by atoms with Gasteiger partial charge in [0.15, 0.2) is 5.78 Å². The molecule has 3 aromatic rings. The number of ether oxygens (including phenoxy) is 3. The van der Waals surface area contributed by atoms with Gasteiger partial charge < -0.3 is 19.3 Å². The van der Waals surface area contributed by atoms with Gasteiger partial charge in [0.25, 0.3) is 0 Å². The first-order valence-electron chi connectivity index (χ1n) is 9.74. The van der Waals surface area contributed by atoms with Crippen LogP contribution in [0, 0.1) is 5.82 Å². The van der Waals surface area contributed by atoms with E-state index in [1.165, 1.54) is 19.3 Å². The van der Waals surface area contributed by atoms with Crippen LogP contribution in [0.15, 0.2) is 60.7 Å². The molecule has 32 heavy (non-hydrogen) atoms. The lowest BCUT2D eigenvalue weighted by atomic mass is 10.0. The molecule has 0 amide bonds. The van der Waals surface area contributed by atoms with E-state index >= 15 is 0 Å². The molecule has 1 N–H and O–H groups in total. The highest BCUT2D eigenvalue weighted by molar-refractivity contribution is 6.09. The lowest BCUT2D eigenvalue weighted by Gasteiger charge is -2.12. The molecular weight excluding hydrogens is 411 g/mol. The second-order valence-corrected chi connectivity index (χ2v) is 6.80. The average Bonchev–Trinajstić information content (AvgIpc) is 2.81. The van der Waals surface area contributed by atoms with Crippen LogP contribution in [0.25, 0.3) is 18.2 Å². The molecule has 0 atom stereocenters. The fourth-order valence-corrected chi connectivity index (χ4v) is 3.09. The minimum atomic E-state index is -0.620. The van der Waals surface area contributed by atoms with Crippen molar-refractivity contribution in [1.29, 1.82) is 0 Å². The molecule has 0 spiro atoms. The molecule has 0 unspecified atom stereocenters. The molecule has 3 rings (SSSR count). The Balaban J connectivity index is 1.98. The number of methoxy groups -OCH3 is 3. The van der Waals surface area contributed by atoms with E-state index in [2.05, 4.69) is 0 Å². The van der Waals surface area contributed by atoms with Crippen LogP contribution in [0.5, 0.6) is 23.0 Å². The summed E-state index contributed by atoms with van der Waals surface area (Å²) in [6.45, 7) is 0. The van der Waals surface area contributed by atoms with Crippen molar-refractivity contribution in [3.05, 3.63) is 88.7 Å². The molecule has 0 aliphatic heterocycles. The highest BCUT2D eigenvalue weighted by Gasteiger charge is 2.12. The number of halogens is 1. The van der Waals surface area contributed by atoms with Crippen LogP contribution in [-0.2, 0) is 0 Å². The Morgan fingerprint density at radius 3 is 2.19 bits per heavy atom. The van der Waals surface area contributed by atoms with Crippen molar-refractivity contribution in [1.82, 2.24) is 0 Å². The van der Waals surface area contributed by atoms with Gasteiger partial charge in [0.05, 0.1) is 26.9 Å². The van der Waals surface area contributed by atoms with E-state index in [-0.39, 0.29) is 5.56 Å². The molecule has 5 nitrogen and oxygen atoms in total. The molecule has 0 saturated carbocycles. The van der Waals surface area contributed by atoms with Crippen LogP contribution in [0.2, 0.25) is 0 Å². The van der Waals surface area contributed by atoms with Crippen LogP contribution >= 0.6 is 0 Å². The number of carbonyl (C=O) groups is 1. The second kappa shape index (κ2) is 10.3. The van der Waals surface area contributed by atoms with Crippen molar-refractivity contribution in [2.45, 2.75) is 0 Å². The third-order valence-corrected chi connectivity index (χ3v) is 4.80. The number of rotatable bonds is 8. The Morgan fingerprint density at radius 2 is 1.56 bits per heavy atom. The minimum absolute atomic E-state index is 0.00505. The van der Waals surface area contributed by atoms with Gasteiger partial charge in [-0.2, -0.15) is 0 Å². The summed E-state index contributed by atoms with van der Waals surface area (Å²) in [6, 6.07) is 14.4. The number of ketones is 1. The van der Waals surface area contributed by atoms with Crippen LogP contribution in [0.1, 0.15) is 27.0 Å². The number of phenolic OH excluding ortho intramolecular Hbond substituents is 1. The number of carbonyl (C=O) groups excluding carboxylic acids is 1. The molecular formula is C26H23FO5. The van der Waals surface area contributed by atoms with E-state index in [1.807, 2.05) is 42.5 Å². The van der Waals surface area contributed by atoms with Gasteiger partial charge >= 0.3 is 0 Å². The van der Waals surface area contributed by atoms with E-state index in [1.54, 1.807) is 26.4 Å². The fraction of sp³-hybridized carbons (Fsp3) is 0.115. The van der Waals surface area contributed by atoms with Crippen molar-refractivity contribution >= 4 is 24.0 Å². The maximum absolute atomic E-state index is 13.2. The van der Waals surface area contributed by atoms with Crippen LogP contribution in [0.4, 0.5) is 4.39 Å². The molecule has 0 fully saturated rings. The molecule has 0 aromatic heterocycles. The van der Waals surface area contributed by atoms with Gasteiger partial charge in [0.1, 0.15) is 28.8 Å². The molecule has 0 bridgehead atoms. The van der Waals surface area contributed by atoms with E-state index in [9.17, 15) is 14.3 Å². The Labute approximate surface area is 186 Å². The van der Waals surface area contributed by atoms with Crippen molar-refractivity contribution in [2.75, 3.05) is 21.3 Å². The smallest absolute Gasteiger partial charge is 0.189 e. The predicted molar refractivity (Wildman–Crippen MR) is 123 cm³/mol. The van der Waals surface area contributed by atoms with Gasteiger partial charge in [-0.3, -0.25) is 4.79 Å². The summed E-state index contributed by atoms with van der Waals surface area (Å²) in [5.41, 5.74) is 2.36. The normalized spacial score (nSPS) is 11.1.